The highest BCUT2D eigenvalue weighted by Gasteiger charge is 2.09. The quantitative estimate of drug-likeness (QED) is 0.774. The molecule has 0 unspecified atom stereocenters. The van der Waals surface area contributed by atoms with E-state index in [4.69, 9.17) is 0 Å². The van der Waals surface area contributed by atoms with E-state index in [1.807, 2.05) is 30.5 Å². The Bertz CT molecular complexity index is 542. The smallest absolute Gasteiger partial charge is 0.252 e. The van der Waals surface area contributed by atoms with E-state index >= 15 is 0 Å². The minimum absolute atomic E-state index is 0.0763. The van der Waals surface area contributed by atoms with Gasteiger partial charge in [-0.2, -0.15) is 5.10 Å². The van der Waals surface area contributed by atoms with Crippen molar-refractivity contribution in [3.8, 4) is 0 Å². The first kappa shape index (κ1) is 13.5. The Morgan fingerprint density at radius 2 is 2.33 bits per heavy atom. The molecule has 2 aromatic rings. The first-order valence-electron chi connectivity index (χ1n) is 5.37. The molecule has 94 valence electrons. The van der Waals surface area contributed by atoms with Gasteiger partial charge in [0.15, 0.2) is 0 Å². The van der Waals surface area contributed by atoms with Gasteiger partial charge in [0.2, 0.25) is 0 Å². The van der Waals surface area contributed by atoms with Crippen LogP contribution in [-0.2, 0) is 6.54 Å². The zero-order chi connectivity index (χ0) is 13.0. The van der Waals surface area contributed by atoms with Crippen molar-refractivity contribution >= 4 is 44.4 Å². The fourth-order valence-electron chi connectivity index (χ4n) is 1.48. The second-order valence-electron chi connectivity index (χ2n) is 3.65. The summed E-state index contributed by atoms with van der Waals surface area (Å²) in [5.41, 5.74) is 0.655. The lowest BCUT2D eigenvalue weighted by molar-refractivity contribution is 0.0951. The molecule has 18 heavy (non-hydrogen) atoms. The first-order chi connectivity index (χ1) is 8.66. The van der Waals surface area contributed by atoms with Crippen LogP contribution in [0, 0.1) is 3.57 Å². The molecule has 0 aliphatic heterocycles. The summed E-state index contributed by atoms with van der Waals surface area (Å²) < 4.78 is 3.62. The number of nitrogens with one attached hydrogen (secondary N) is 1. The van der Waals surface area contributed by atoms with Gasteiger partial charge in [0, 0.05) is 27.0 Å². The molecule has 1 heterocycles. The van der Waals surface area contributed by atoms with Crippen LogP contribution in [0.3, 0.4) is 0 Å². The van der Waals surface area contributed by atoms with E-state index in [1.54, 1.807) is 10.9 Å². The van der Waals surface area contributed by atoms with Gasteiger partial charge in [-0.3, -0.25) is 9.48 Å². The highest BCUT2D eigenvalue weighted by Crippen LogP contribution is 2.19. The Morgan fingerprint density at radius 1 is 1.50 bits per heavy atom. The topological polar surface area (TPSA) is 46.9 Å². The average Bonchev–Trinajstić information content (AvgIpc) is 2.85. The van der Waals surface area contributed by atoms with Crippen LogP contribution in [0.25, 0.3) is 0 Å². The fourth-order valence-corrected chi connectivity index (χ4v) is 2.40. The number of nitrogens with zero attached hydrogens (tertiary/aromatic N) is 2. The van der Waals surface area contributed by atoms with E-state index in [-0.39, 0.29) is 5.91 Å². The van der Waals surface area contributed by atoms with Crippen molar-refractivity contribution in [3.05, 3.63) is 50.3 Å². The molecule has 6 heteroatoms. The second kappa shape index (κ2) is 6.33. The number of carbonyl (C=O) groups excluding carboxylic acids is 1. The van der Waals surface area contributed by atoms with Gasteiger partial charge in [-0.1, -0.05) is 0 Å². The van der Waals surface area contributed by atoms with E-state index in [0.717, 1.165) is 8.04 Å². The molecule has 0 saturated carbocycles. The average molecular weight is 420 g/mol. The summed E-state index contributed by atoms with van der Waals surface area (Å²) in [6.45, 7) is 1.22. The highest BCUT2D eigenvalue weighted by atomic mass is 127. The predicted molar refractivity (Wildman–Crippen MR) is 81.4 cm³/mol. The Kier molecular flexibility index (Phi) is 4.76. The Morgan fingerprint density at radius 3 is 3.06 bits per heavy atom. The van der Waals surface area contributed by atoms with Crippen LogP contribution < -0.4 is 5.32 Å². The fraction of sp³-hybridized carbons (Fsp3) is 0.167. The summed E-state index contributed by atoms with van der Waals surface area (Å²) in [5, 5.41) is 6.94. The van der Waals surface area contributed by atoms with Crippen molar-refractivity contribution in [2.24, 2.45) is 0 Å². The number of halogens is 2. The molecule has 1 N–H and O–H groups in total. The third kappa shape index (κ3) is 3.55. The van der Waals surface area contributed by atoms with Gasteiger partial charge < -0.3 is 5.32 Å². The summed E-state index contributed by atoms with van der Waals surface area (Å²) in [6, 6.07) is 7.54. The molecule has 0 radical (unpaired) electrons. The molecule has 0 aliphatic carbocycles. The molecule has 0 fully saturated rings. The minimum atomic E-state index is -0.0763. The summed E-state index contributed by atoms with van der Waals surface area (Å²) in [4.78, 5) is 12.0. The Hall–Kier alpha value is -0.890. The van der Waals surface area contributed by atoms with E-state index < -0.39 is 0 Å². The largest absolute Gasteiger partial charge is 0.350 e. The molecule has 2 rings (SSSR count). The normalized spacial score (nSPS) is 10.3. The van der Waals surface area contributed by atoms with E-state index in [1.165, 1.54) is 0 Å². The van der Waals surface area contributed by atoms with Crippen LogP contribution in [0.5, 0.6) is 0 Å². The molecule has 4 nitrogen and oxygen atoms in total. The maximum Gasteiger partial charge on any atom is 0.252 e. The van der Waals surface area contributed by atoms with Gasteiger partial charge in [-0.05, 0) is 62.8 Å². The van der Waals surface area contributed by atoms with Gasteiger partial charge in [0.25, 0.3) is 5.91 Å². The van der Waals surface area contributed by atoms with Crippen LogP contribution >= 0.6 is 38.5 Å². The lowest BCUT2D eigenvalue weighted by Gasteiger charge is -2.07. The summed E-state index contributed by atoms with van der Waals surface area (Å²) >= 11 is 5.57. The number of hydrogen-bond donors (Lipinski definition) is 1. The number of rotatable bonds is 4. The molecule has 0 bridgehead atoms. The second-order valence-corrected chi connectivity index (χ2v) is 5.75. The van der Waals surface area contributed by atoms with Crippen molar-refractivity contribution in [2.45, 2.75) is 6.54 Å². The van der Waals surface area contributed by atoms with Gasteiger partial charge in [-0.15, -0.1) is 0 Å². The number of hydrogen-bond acceptors (Lipinski definition) is 2. The maximum absolute atomic E-state index is 12.0. The van der Waals surface area contributed by atoms with Crippen LogP contribution in [0.1, 0.15) is 10.4 Å². The molecule has 1 amide bonds. The lowest BCUT2D eigenvalue weighted by Crippen LogP contribution is -2.27. The van der Waals surface area contributed by atoms with E-state index in [0.29, 0.717) is 18.7 Å². The number of carbonyl (C=O) groups is 1. The highest BCUT2D eigenvalue weighted by molar-refractivity contribution is 14.1. The number of aromatic nitrogens is 2. The molecule has 0 atom stereocenters. The molecular formula is C12H11BrIN3O. The van der Waals surface area contributed by atoms with Crippen molar-refractivity contribution in [3.63, 3.8) is 0 Å². The van der Waals surface area contributed by atoms with Crippen LogP contribution in [0.2, 0.25) is 0 Å². The molecule has 0 aliphatic rings. The van der Waals surface area contributed by atoms with Gasteiger partial charge in [0.1, 0.15) is 0 Å². The number of benzene rings is 1. The molecule has 0 spiro atoms. The third-order valence-electron chi connectivity index (χ3n) is 2.36. The maximum atomic E-state index is 12.0. The van der Waals surface area contributed by atoms with Crippen molar-refractivity contribution in [2.75, 3.05) is 6.54 Å². The van der Waals surface area contributed by atoms with Crippen LogP contribution in [0.15, 0.2) is 41.1 Å². The molecule has 1 aromatic carbocycles. The monoisotopic (exact) mass is 419 g/mol. The van der Waals surface area contributed by atoms with E-state index in [9.17, 15) is 4.79 Å². The van der Waals surface area contributed by atoms with Crippen molar-refractivity contribution in [1.82, 2.24) is 15.1 Å². The predicted octanol–water partition coefficient (Wildman–Crippen LogP) is 2.68. The van der Waals surface area contributed by atoms with Crippen LogP contribution in [0.4, 0.5) is 0 Å². The zero-order valence-corrected chi connectivity index (χ0v) is 13.2. The zero-order valence-electron chi connectivity index (χ0n) is 9.44. The van der Waals surface area contributed by atoms with Gasteiger partial charge in [0.05, 0.1) is 12.1 Å². The summed E-state index contributed by atoms with van der Waals surface area (Å²) in [7, 11) is 0. The molecule has 0 saturated heterocycles. The Balaban J connectivity index is 1.93. The standard InChI is InChI=1S/C12H11BrIN3O/c13-11-3-2-9(14)8-10(11)12(18)15-5-7-17-6-1-4-16-17/h1-4,6,8H,5,7H2,(H,15,18). The van der Waals surface area contributed by atoms with Crippen molar-refractivity contribution in [1.29, 1.82) is 0 Å². The third-order valence-corrected chi connectivity index (χ3v) is 3.72. The molecular weight excluding hydrogens is 409 g/mol. The SMILES string of the molecule is O=C(NCCn1cccn1)c1cc(I)ccc1Br. The molecule has 1 aromatic heterocycles. The summed E-state index contributed by atoms with van der Waals surface area (Å²) in [5.74, 6) is -0.0763. The van der Waals surface area contributed by atoms with Crippen LogP contribution in [-0.4, -0.2) is 22.2 Å². The van der Waals surface area contributed by atoms with E-state index in [2.05, 4.69) is 48.9 Å². The minimum Gasteiger partial charge on any atom is -0.350 e. The van der Waals surface area contributed by atoms with Gasteiger partial charge in [-0.25, -0.2) is 0 Å². The number of amides is 1. The van der Waals surface area contributed by atoms with Crippen molar-refractivity contribution < 1.29 is 4.79 Å². The first-order valence-corrected chi connectivity index (χ1v) is 7.24. The van der Waals surface area contributed by atoms with Gasteiger partial charge >= 0.3 is 0 Å². The Labute approximate surface area is 127 Å². The summed E-state index contributed by atoms with van der Waals surface area (Å²) in [6.07, 6.45) is 3.59. The lowest BCUT2D eigenvalue weighted by atomic mass is 10.2.